The minimum Gasteiger partial charge on any atom is -0.464 e. The number of nitrogens with zero attached hydrogens (tertiary/aromatic N) is 1. The zero-order valence-electron chi connectivity index (χ0n) is 10.5. The second kappa shape index (κ2) is 5.97. The number of rotatable bonds is 4. The maximum absolute atomic E-state index is 11.4. The van der Waals surface area contributed by atoms with Crippen LogP contribution in [0.2, 0.25) is 0 Å². The molecule has 0 bridgehead atoms. The molecule has 0 aliphatic carbocycles. The number of benzene rings is 1. The normalized spacial score (nSPS) is 10.0. The van der Waals surface area contributed by atoms with Gasteiger partial charge in [-0.1, -0.05) is 12.1 Å². The van der Waals surface area contributed by atoms with E-state index in [1.54, 1.807) is 6.07 Å². The first kappa shape index (κ1) is 13.0. The minimum absolute atomic E-state index is 0.204. The molecule has 98 valence electrons. The Hall–Kier alpha value is -2.40. The molecule has 1 aromatic carbocycles. The molecule has 2 rings (SSSR count). The van der Waals surface area contributed by atoms with Gasteiger partial charge in [0.05, 0.1) is 7.11 Å². The number of methoxy groups -OCH3 is 1. The van der Waals surface area contributed by atoms with Crippen molar-refractivity contribution in [2.24, 2.45) is 5.73 Å². The number of aromatic nitrogens is 1. The summed E-state index contributed by atoms with van der Waals surface area (Å²) in [6, 6.07) is 10.6. The van der Waals surface area contributed by atoms with Crippen molar-refractivity contribution >= 4 is 5.97 Å². The Morgan fingerprint density at radius 2 is 2.05 bits per heavy atom. The summed E-state index contributed by atoms with van der Waals surface area (Å²) in [4.78, 5) is 15.3. The highest BCUT2D eigenvalue weighted by molar-refractivity contribution is 5.87. The van der Waals surface area contributed by atoms with E-state index in [4.69, 9.17) is 10.5 Å². The zero-order chi connectivity index (χ0) is 13.7. The first-order chi connectivity index (χ1) is 9.22. The summed E-state index contributed by atoms with van der Waals surface area (Å²) in [5, 5.41) is 0. The van der Waals surface area contributed by atoms with Crippen LogP contribution < -0.4 is 10.5 Å². The van der Waals surface area contributed by atoms with Crippen molar-refractivity contribution in [2.45, 2.75) is 6.54 Å². The fourth-order valence-corrected chi connectivity index (χ4v) is 1.56. The topological polar surface area (TPSA) is 74.4 Å². The van der Waals surface area contributed by atoms with Gasteiger partial charge in [0.15, 0.2) is 5.69 Å². The molecule has 2 N–H and O–H groups in total. The van der Waals surface area contributed by atoms with E-state index in [2.05, 4.69) is 9.72 Å². The van der Waals surface area contributed by atoms with Gasteiger partial charge in [-0.2, -0.15) is 0 Å². The third-order valence-corrected chi connectivity index (χ3v) is 2.50. The van der Waals surface area contributed by atoms with E-state index in [1.807, 2.05) is 24.3 Å². The Kier molecular flexibility index (Phi) is 4.10. The van der Waals surface area contributed by atoms with E-state index in [0.717, 1.165) is 5.56 Å². The van der Waals surface area contributed by atoms with E-state index < -0.39 is 5.97 Å². The van der Waals surface area contributed by atoms with Gasteiger partial charge in [0.2, 0.25) is 0 Å². The van der Waals surface area contributed by atoms with E-state index in [1.165, 1.54) is 19.4 Å². The second-order valence-electron chi connectivity index (χ2n) is 3.82. The van der Waals surface area contributed by atoms with E-state index in [0.29, 0.717) is 18.0 Å². The fourth-order valence-electron chi connectivity index (χ4n) is 1.56. The lowest BCUT2D eigenvalue weighted by molar-refractivity contribution is 0.0593. The maximum atomic E-state index is 11.4. The van der Waals surface area contributed by atoms with Crippen LogP contribution in [0.1, 0.15) is 16.1 Å². The van der Waals surface area contributed by atoms with Crippen molar-refractivity contribution in [3.05, 3.63) is 53.9 Å². The van der Waals surface area contributed by atoms with Gasteiger partial charge in [-0.3, -0.25) is 0 Å². The standard InChI is InChI=1S/C14H14N2O3/c1-18-14(17)13-8-12(5-6-16-13)19-11-4-2-3-10(7-11)9-15/h2-8H,9,15H2,1H3. The summed E-state index contributed by atoms with van der Waals surface area (Å²) in [7, 11) is 1.31. The molecule has 2 aromatic rings. The number of nitrogens with two attached hydrogens (primary N) is 1. The lowest BCUT2D eigenvalue weighted by Crippen LogP contribution is -2.03. The molecule has 0 atom stereocenters. The largest absolute Gasteiger partial charge is 0.464 e. The average molecular weight is 258 g/mol. The van der Waals surface area contributed by atoms with Gasteiger partial charge in [0.1, 0.15) is 11.5 Å². The maximum Gasteiger partial charge on any atom is 0.356 e. The molecule has 0 spiro atoms. The summed E-state index contributed by atoms with van der Waals surface area (Å²) in [5.74, 6) is 0.677. The molecule has 0 saturated carbocycles. The molecule has 1 heterocycles. The molecule has 0 aliphatic rings. The van der Waals surface area contributed by atoms with E-state index in [9.17, 15) is 4.79 Å². The van der Waals surface area contributed by atoms with Crippen LogP contribution in [0.4, 0.5) is 0 Å². The molecule has 0 fully saturated rings. The molecule has 0 unspecified atom stereocenters. The summed E-state index contributed by atoms with van der Waals surface area (Å²) in [6.07, 6.45) is 1.49. The Bertz CT molecular complexity index is 584. The van der Waals surface area contributed by atoms with Gasteiger partial charge in [-0.15, -0.1) is 0 Å². The van der Waals surface area contributed by atoms with Crippen LogP contribution in [0, 0.1) is 0 Å². The number of carbonyl (C=O) groups excluding carboxylic acids is 1. The van der Waals surface area contributed by atoms with Crippen LogP contribution in [0.15, 0.2) is 42.6 Å². The molecule has 5 nitrogen and oxygen atoms in total. The molecule has 19 heavy (non-hydrogen) atoms. The van der Waals surface area contributed by atoms with Crippen LogP contribution in [-0.4, -0.2) is 18.1 Å². The summed E-state index contributed by atoms with van der Waals surface area (Å²) in [6.45, 7) is 0.445. The highest BCUT2D eigenvalue weighted by Gasteiger charge is 2.08. The Labute approximate surface area is 111 Å². The van der Waals surface area contributed by atoms with E-state index in [-0.39, 0.29) is 5.69 Å². The first-order valence-electron chi connectivity index (χ1n) is 5.74. The number of esters is 1. The number of carbonyl (C=O) groups is 1. The Morgan fingerprint density at radius 3 is 2.79 bits per heavy atom. The summed E-state index contributed by atoms with van der Waals surface area (Å²) in [5.41, 5.74) is 6.74. The lowest BCUT2D eigenvalue weighted by atomic mass is 10.2. The molecule has 0 saturated heterocycles. The van der Waals surface area contributed by atoms with Crippen molar-refractivity contribution in [2.75, 3.05) is 7.11 Å². The number of ether oxygens (including phenoxy) is 2. The molecule has 0 radical (unpaired) electrons. The third kappa shape index (κ3) is 3.29. The van der Waals surface area contributed by atoms with E-state index >= 15 is 0 Å². The van der Waals surface area contributed by atoms with Crippen molar-refractivity contribution in [1.29, 1.82) is 0 Å². The summed E-state index contributed by atoms with van der Waals surface area (Å²) >= 11 is 0. The van der Waals surface area contributed by atoms with Crippen molar-refractivity contribution in [3.8, 4) is 11.5 Å². The van der Waals surface area contributed by atoms with Gasteiger partial charge < -0.3 is 15.2 Å². The molecular weight excluding hydrogens is 244 g/mol. The van der Waals surface area contributed by atoms with Crippen LogP contribution in [0.25, 0.3) is 0 Å². The van der Waals surface area contributed by atoms with Crippen LogP contribution in [0.3, 0.4) is 0 Å². The first-order valence-corrected chi connectivity index (χ1v) is 5.74. The van der Waals surface area contributed by atoms with Gasteiger partial charge in [0.25, 0.3) is 0 Å². The highest BCUT2D eigenvalue weighted by atomic mass is 16.5. The smallest absolute Gasteiger partial charge is 0.356 e. The van der Waals surface area contributed by atoms with Crippen LogP contribution in [-0.2, 0) is 11.3 Å². The third-order valence-electron chi connectivity index (χ3n) is 2.50. The number of pyridine rings is 1. The van der Waals surface area contributed by atoms with Gasteiger partial charge in [0, 0.05) is 18.8 Å². The Morgan fingerprint density at radius 1 is 1.26 bits per heavy atom. The highest BCUT2D eigenvalue weighted by Crippen LogP contribution is 2.22. The molecule has 0 aliphatic heterocycles. The minimum atomic E-state index is -0.499. The van der Waals surface area contributed by atoms with Crippen molar-refractivity contribution < 1.29 is 14.3 Å². The molecule has 1 aromatic heterocycles. The molecular formula is C14H14N2O3. The quantitative estimate of drug-likeness (QED) is 0.850. The average Bonchev–Trinajstić information content (AvgIpc) is 2.47. The van der Waals surface area contributed by atoms with Gasteiger partial charge >= 0.3 is 5.97 Å². The lowest BCUT2D eigenvalue weighted by Gasteiger charge is -2.07. The fraction of sp³-hybridized carbons (Fsp3) is 0.143. The molecule has 0 amide bonds. The number of hydrogen-bond acceptors (Lipinski definition) is 5. The van der Waals surface area contributed by atoms with Crippen LogP contribution >= 0.6 is 0 Å². The van der Waals surface area contributed by atoms with Crippen molar-refractivity contribution in [1.82, 2.24) is 4.98 Å². The number of hydrogen-bond donors (Lipinski definition) is 1. The van der Waals surface area contributed by atoms with Gasteiger partial charge in [-0.25, -0.2) is 9.78 Å². The summed E-state index contributed by atoms with van der Waals surface area (Å²) < 4.78 is 10.3. The van der Waals surface area contributed by atoms with Gasteiger partial charge in [-0.05, 0) is 23.8 Å². The zero-order valence-corrected chi connectivity index (χ0v) is 10.5. The monoisotopic (exact) mass is 258 g/mol. The molecule has 5 heteroatoms. The predicted molar refractivity (Wildman–Crippen MR) is 70.0 cm³/mol. The van der Waals surface area contributed by atoms with Crippen LogP contribution in [0.5, 0.6) is 11.5 Å². The second-order valence-corrected chi connectivity index (χ2v) is 3.82. The SMILES string of the molecule is COC(=O)c1cc(Oc2cccc(CN)c2)ccn1. The predicted octanol–water partition coefficient (Wildman–Crippen LogP) is 2.12. The van der Waals surface area contributed by atoms with Crippen molar-refractivity contribution in [3.63, 3.8) is 0 Å². The Balaban J connectivity index is 2.20.